The Morgan fingerprint density at radius 1 is 1.07 bits per heavy atom. The molecule has 1 fully saturated rings. The van der Waals surface area contributed by atoms with Crippen molar-refractivity contribution in [1.82, 2.24) is 4.31 Å². The maximum atomic E-state index is 13.2. The minimum atomic E-state index is -3.63. The number of hydrogen-bond acceptors (Lipinski definition) is 4. The van der Waals surface area contributed by atoms with Crippen molar-refractivity contribution in [3.63, 3.8) is 0 Å². The lowest BCUT2D eigenvalue weighted by Crippen LogP contribution is -2.50. The van der Waals surface area contributed by atoms with Crippen LogP contribution in [0.15, 0.2) is 53.4 Å². The quantitative estimate of drug-likeness (QED) is 0.792. The number of rotatable bonds is 4. The van der Waals surface area contributed by atoms with Crippen LogP contribution in [0.1, 0.15) is 25.3 Å². The lowest BCUT2D eigenvalue weighted by Gasteiger charge is -2.37. The van der Waals surface area contributed by atoms with Crippen LogP contribution in [0.4, 0.5) is 5.69 Å². The molecular weight excluding hydrogens is 376 g/mol. The second-order valence-corrected chi connectivity index (χ2v) is 9.17. The normalized spacial score (nSPS) is 19.1. The molecule has 1 spiro atoms. The van der Waals surface area contributed by atoms with Gasteiger partial charge in [-0.3, -0.25) is 4.79 Å². The van der Waals surface area contributed by atoms with Crippen molar-refractivity contribution in [3.05, 3.63) is 54.1 Å². The summed E-state index contributed by atoms with van der Waals surface area (Å²) in [5.74, 6) is 0.600. The van der Waals surface area contributed by atoms with E-state index in [1.54, 1.807) is 18.2 Å². The van der Waals surface area contributed by atoms with E-state index >= 15 is 0 Å². The molecule has 0 atom stereocenters. The number of hydrogen-bond donors (Lipinski definition) is 0. The van der Waals surface area contributed by atoms with Gasteiger partial charge in [-0.05, 0) is 43.5 Å². The van der Waals surface area contributed by atoms with Gasteiger partial charge in [-0.1, -0.05) is 24.3 Å². The van der Waals surface area contributed by atoms with Crippen LogP contribution in [0.3, 0.4) is 0 Å². The molecule has 7 heteroatoms. The van der Waals surface area contributed by atoms with Gasteiger partial charge in [-0.15, -0.1) is 0 Å². The number of amides is 1. The Morgan fingerprint density at radius 2 is 1.79 bits per heavy atom. The summed E-state index contributed by atoms with van der Waals surface area (Å²) in [6, 6.07) is 14.4. The Morgan fingerprint density at radius 3 is 2.46 bits per heavy atom. The predicted molar refractivity (Wildman–Crippen MR) is 107 cm³/mol. The number of methoxy groups -OCH3 is 1. The summed E-state index contributed by atoms with van der Waals surface area (Å²) in [5, 5.41) is 0. The van der Waals surface area contributed by atoms with Crippen LogP contribution in [0.5, 0.6) is 5.75 Å². The van der Waals surface area contributed by atoms with Crippen LogP contribution in [0.25, 0.3) is 0 Å². The van der Waals surface area contributed by atoms with Gasteiger partial charge in [0.15, 0.2) is 0 Å². The van der Waals surface area contributed by atoms with E-state index in [1.807, 2.05) is 36.1 Å². The molecule has 0 N–H and O–H groups in total. The Hall–Kier alpha value is -2.38. The van der Waals surface area contributed by atoms with Gasteiger partial charge < -0.3 is 9.64 Å². The zero-order chi connectivity index (χ0) is 19.9. The van der Waals surface area contributed by atoms with Crippen LogP contribution in [0, 0.1) is 0 Å². The van der Waals surface area contributed by atoms with Crippen LogP contribution in [-0.2, 0) is 20.2 Å². The van der Waals surface area contributed by atoms with E-state index in [0.717, 1.165) is 11.3 Å². The molecule has 6 nitrogen and oxygen atoms in total. The molecule has 4 rings (SSSR count). The van der Waals surface area contributed by atoms with Gasteiger partial charge in [-0.25, -0.2) is 8.42 Å². The number of fused-ring (bicyclic) bond motifs is 2. The standard InChI is InChI=1S/C21H24N2O4S/c1-3-23-19-10-5-4-9-18(19)21(20(23)24)11-13-22(14-12-21)28(25,26)17-8-6-7-16(15-17)27-2/h4-10,15H,3,11-14H2,1-2H3. The Balaban J connectivity index is 1.62. The molecule has 1 saturated heterocycles. The molecule has 2 aliphatic rings. The molecule has 28 heavy (non-hydrogen) atoms. The first-order chi connectivity index (χ1) is 13.4. The molecule has 148 valence electrons. The molecule has 0 aromatic heterocycles. The number of carbonyl (C=O) groups excluding carboxylic acids is 1. The molecule has 2 aliphatic heterocycles. The molecule has 0 aliphatic carbocycles. The SMILES string of the molecule is CCN1C(=O)C2(CCN(S(=O)(=O)c3cccc(OC)c3)CC2)c2ccccc21. The topological polar surface area (TPSA) is 66.9 Å². The number of likely N-dealkylation sites (N-methyl/N-ethyl adjacent to an activating group) is 1. The number of benzene rings is 2. The lowest BCUT2D eigenvalue weighted by molar-refractivity contribution is -0.124. The first-order valence-electron chi connectivity index (χ1n) is 9.50. The third kappa shape index (κ3) is 2.72. The second kappa shape index (κ2) is 6.90. The molecule has 0 radical (unpaired) electrons. The molecule has 2 aromatic carbocycles. The minimum absolute atomic E-state index is 0.0922. The summed E-state index contributed by atoms with van der Waals surface area (Å²) in [4.78, 5) is 15.3. The van der Waals surface area contributed by atoms with Crippen LogP contribution in [0.2, 0.25) is 0 Å². The molecule has 2 heterocycles. The third-order valence-corrected chi connectivity index (χ3v) is 7.83. The van der Waals surface area contributed by atoms with E-state index in [0.29, 0.717) is 38.2 Å². The maximum Gasteiger partial charge on any atom is 0.243 e. The number of anilines is 1. The average Bonchev–Trinajstić information content (AvgIpc) is 2.96. The van der Waals surface area contributed by atoms with Crippen molar-refractivity contribution < 1.29 is 17.9 Å². The molecule has 2 aromatic rings. The number of ether oxygens (including phenoxy) is 1. The highest BCUT2D eigenvalue weighted by atomic mass is 32.2. The lowest BCUT2D eigenvalue weighted by atomic mass is 9.74. The Bertz CT molecular complexity index is 1010. The van der Waals surface area contributed by atoms with Gasteiger partial charge >= 0.3 is 0 Å². The highest BCUT2D eigenvalue weighted by molar-refractivity contribution is 7.89. The molecule has 0 bridgehead atoms. The van der Waals surface area contributed by atoms with Crippen LogP contribution in [-0.4, -0.2) is 45.4 Å². The number of nitrogens with zero attached hydrogens (tertiary/aromatic N) is 2. The zero-order valence-electron chi connectivity index (χ0n) is 16.1. The van der Waals surface area contributed by atoms with E-state index in [1.165, 1.54) is 17.5 Å². The van der Waals surface area contributed by atoms with Gasteiger partial charge in [0, 0.05) is 31.4 Å². The van der Waals surface area contributed by atoms with Gasteiger partial charge in [0.2, 0.25) is 15.9 Å². The summed E-state index contributed by atoms with van der Waals surface area (Å²) in [5.41, 5.74) is 1.37. The number of piperidine rings is 1. The fraction of sp³-hybridized carbons (Fsp3) is 0.381. The van der Waals surface area contributed by atoms with Crippen molar-refractivity contribution in [2.24, 2.45) is 0 Å². The van der Waals surface area contributed by atoms with Crippen LogP contribution < -0.4 is 9.64 Å². The largest absolute Gasteiger partial charge is 0.497 e. The van der Waals surface area contributed by atoms with Crippen molar-refractivity contribution in [3.8, 4) is 5.75 Å². The highest BCUT2D eigenvalue weighted by Crippen LogP contribution is 2.48. The van der Waals surface area contributed by atoms with Gasteiger partial charge in [-0.2, -0.15) is 4.31 Å². The van der Waals surface area contributed by atoms with Crippen molar-refractivity contribution in [2.75, 3.05) is 31.6 Å². The van der Waals surface area contributed by atoms with E-state index in [2.05, 4.69) is 0 Å². The first kappa shape index (κ1) is 19.0. The predicted octanol–water partition coefficient (Wildman–Crippen LogP) is 2.78. The van der Waals surface area contributed by atoms with Gasteiger partial charge in [0.25, 0.3) is 0 Å². The number of carbonyl (C=O) groups is 1. The average molecular weight is 401 g/mol. The number of sulfonamides is 1. The molecule has 1 amide bonds. The van der Waals surface area contributed by atoms with E-state index in [-0.39, 0.29) is 10.8 Å². The monoisotopic (exact) mass is 400 g/mol. The zero-order valence-corrected chi connectivity index (χ0v) is 16.9. The van der Waals surface area contributed by atoms with E-state index in [4.69, 9.17) is 4.74 Å². The van der Waals surface area contributed by atoms with Crippen molar-refractivity contribution in [1.29, 1.82) is 0 Å². The fourth-order valence-electron chi connectivity index (χ4n) is 4.41. The Kier molecular flexibility index (Phi) is 4.67. The fourth-order valence-corrected chi connectivity index (χ4v) is 5.89. The van der Waals surface area contributed by atoms with Crippen molar-refractivity contribution >= 4 is 21.6 Å². The minimum Gasteiger partial charge on any atom is -0.497 e. The summed E-state index contributed by atoms with van der Waals surface area (Å²) < 4.78 is 32.8. The summed E-state index contributed by atoms with van der Waals surface area (Å²) in [6.45, 7) is 3.22. The van der Waals surface area contributed by atoms with Crippen molar-refractivity contribution in [2.45, 2.75) is 30.1 Å². The second-order valence-electron chi connectivity index (χ2n) is 7.23. The van der Waals surface area contributed by atoms with Gasteiger partial charge in [0.1, 0.15) is 5.75 Å². The smallest absolute Gasteiger partial charge is 0.243 e. The summed E-state index contributed by atoms with van der Waals surface area (Å²) in [7, 11) is -2.11. The molecule has 0 saturated carbocycles. The maximum absolute atomic E-state index is 13.2. The molecule has 0 unspecified atom stereocenters. The first-order valence-corrected chi connectivity index (χ1v) is 10.9. The highest BCUT2D eigenvalue weighted by Gasteiger charge is 2.52. The Labute approximate surface area is 165 Å². The summed E-state index contributed by atoms with van der Waals surface area (Å²) >= 11 is 0. The van der Waals surface area contributed by atoms with E-state index in [9.17, 15) is 13.2 Å². The molecular formula is C21H24N2O4S. The third-order valence-electron chi connectivity index (χ3n) is 5.94. The van der Waals surface area contributed by atoms with Crippen LogP contribution >= 0.6 is 0 Å². The number of para-hydroxylation sites is 1. The van der Waals surface area contributed by atoms with E-state index < -0.39 is 15.4 Å². The van der Waals surface area contributed by atoms with Gasteiger partial charge in [0.05, 0.1) is 17.4 Å². The summed E-state index contributed by atoms with van der Waals surface area (Å²) in [6.07, 6.45) is 0.977.